The molecule has 2 amide bonds. The number of rotatable bonds is 11. The first-order valence-electron chi connectivity index (χ1n) is 10.3. The molecule has 1 heterocycles. The van der Waals surface area contributed by atoms with Gasteiger partial charge in [-0.25, -0.2) is 4.39 Å². The van der Waals surface area contributed by atoms with Crippen LogP contribution in [0.25, 0.3) is 0 Å². The van der Waals surface area contributed by atoms with Crippen molar-refractivity contribution >= 4 is 35.0 Å². The minimum Gasteiger partial charge on any atom is -0.484 e. The summed E-state index contributed by atoms with van der Waals surface area (Å²) in [4.78, 5) is 24.0. The maximum absolute atomic E-state index is 13.4. The molecule has 1 atom stereocenters. The molecule has 0 radical (unpaired) electrons. The van der Waals surface area contributed by atoms with Crippen molar-refractivity contribution in [3.8, 4) is 5.75 Å². The predicted octanol–water partition coefficient (Wildman–Crippen LogP) is 3.39. The first kappa shape index (κ1) is 25.5. The summed E-state index contributed by atoms with van der Waals surface area (Å²) in [5.74, 6) is -1.39. The number of aliphatic hydroxyl groups is 1. The number of carbonyl (C=O) groups excluding carboxylic acids is 2. The Morgan fingerprint density at radius 2 is 1.88 bits per heavy atom. The van der Waals surface area contributed by atoms with Crippen molar-refractivity contribution in [3.63, 3.8) is 0 Å². The summed E-state index contributed by atoms with van der Waals surface area (Å²) in [6.45, 7) is -0.237. The third-order valence-corrected chi connectivity index (χ3v) is 5.20. The first-order valence-corrected chi connectivity index (χ1v) is 11.1. The van der Waals surface area contributed by atoms with Gasteiger partial charge in [-0.15, -0.1) is 0 Å². The van der Waals surface area contributed by atoms with Crippen LogP contribution >= 0.6 is 23.2 Å². The lowest BCUT2D eigenvalue weighted by Crippen LogP contribution is -2.37. The molecule has 3 aromatic rings. The molecule has 11 heteroatoms. The number of ether oxygens (including phenoxy) is 1. The maximum Gasteiger partial charge on any atom is 0.289 e. The highest BCUT2D eigenvalue weighted by Gasteiger charge is 2.14. The monoisotopic (exact) mass is 509 g/mol. The van der Waals surface area contributed by atoms with Crippen molar-refractivity contribution in [2.45, 2.75) is 18.9 Å². The minimum absolute atomic E-state index is 0.0411. The largest absolute Gasteiger partial charge is 0.484 e. The Bertz CT molecular complexity index is 1120. The minimum atomic E-state index is -0.896. The molecule has 0 fully saturated rings. The van der Waals surface area contributed by atoms with E-state index in [2.05, 4.69) is 15.8 Å². The van der Waals surface area contributed by atoms with Crippen LogP contribution in [0, 0.1) is 5.82 Å². The summed E-state index contributed by atoms with van der Waals surface area (Å²) in [5.41, 5.74) is 1.57. The van der Waals surface area contributed by atoms with E-state index < -0.39 is 23.7 Å². The quantitative estimate of drug-likeness (QED) is 0.365. The van der Waals surface area contributed by atoms with E-state index in [0.29, 0.717) is 17.1 Å². The van der Waals surface area contributed by atoms with Crippen LogP contribution in [0.5, 0.6) is 5.75 Å². The van der Waals surface area contributed by atoms with Crippen molar-refractivity contribution in [2.24, 2.45) is 0 Å². The van der Waals surface area contributed by atoms with Crippen LogP contribution in [0.3, 0.4) is 0 Å². The normalized spacial score (nSPS) is 11.6. The van der Waals surface area contributed by atoms with E-state index in [4.69, 9.17) is 32.5 Å². The lowest BCUT2D eigenvalue weighted by Gasteiger charge is -2.12. The van der Waals surface area contributed by atoms with E-state index in [-0.39, 0.29) is 42.6 Å². The number of aromatic nitrogens is 1. The van der Waals surface area contributed by atoms with Gasteiger partial charge in [0.05, 0.1) is 16.8 Å². The molecule has 0 aliphatic carbocycles. The molecule has 0 saturated heterocycles. The molecular formula is C23H22Cl2FN3O5. The second kappa shape index (κ2) is 12.4. The number of nitrogens with one attached hydrogen (secondary N) is 2. The Hall–Kier alpha value is -3.14. The van der Waals surface area contributed by atoms with Crippen LogP contribution in [-0.4, -0.2) is 47.9 Å². The van der Waals surface area contributed by atoms with Crippen LogP contribution in [0.15, 0.2) is 53.1 Å². The zero-order chi connectivity index (χ0) is 24.5. The SMILES string of the molecule is O=C(COc1ccc(Cl)c(F)c1)NCC(O)CCNC(=O)c1cc(Cc2ccc(Cl)cc2)no1. The molecule has 0 aliphatic heterocycles. The van der Waals surface area contributed by atoms with Crippen LogP contribution in [-0.2, 0) is 11.2 Å². The van der Waals surface area contributed by atoms with Gasteiger partial charge < -0.3 is 25.0 Å². The number of halogens is 3. The molecule has 2 aromatic carbocycles. The smallest absolute Gasteiger partial charge is 0.289 e. The van der Waals surface area contributed by atoms with Gasteiger partial charge in [0.2, 0.25) is 5.76 Å². The van der Waals surface area contributed by atoms with Crippen molar-refractivity contribution in [1.82, 2.24) is 15.8 Å². The van der Waals surface area contributed by atoms with Gasteiger partial charge in [0.25, 0.3) is 11.8 Å². The number of benzene rings is 2. The molecule has 3 rings (SSSR count). The van der Waals surface area contributed by atoms with Gasteiger partial charge >= 0.3 is 0 Å². The number of aliphatic hydroxyl groups excluding tert-OH is 1. The van der Waals surface area contributed by atoms with Crippen LogP contribution in [0.4, 0.5) is 4.39 Å². The number of hydrogen-bond donors (Lipinski definition) is 3. The average molecular weight is 510 g/mol. The number of nitrogens with zero attached hydrogens (tertiary/aromatic N) is 1. The van der Waals surface area contributed by atoms with Gasteiger partial charge in [-0.3, -0.25) is 9.59 Å². The Kier molecular flexibility index (Phi) is 9.26. The Balaban J connectivity index is 1.32. The Morgan fingerprint density at radius 1 is 1.12 bits per heavy atom. The molecule has 1 aromatic heterocycles. The molecule has 0 bridgehead atoms. The van der Waals surface area contributed by atoms with Crippen LogP contribution in [0.1, 0.15) is 28.2 Å². The molecule has 180 valence electrons. The van der Waals surface area contributed by atoms with Crippen LogP contribution in [0.2, 0.25) is 10.0 Å². The fraction of sp³-hybridized carbons (Fsp3) is 0.261. The van der Waals surface area contributed by atoms with Gasteiger partial charge in [-0.05, 0) is 36.2 Å². The second-order valence-corrected chi connectivity index (χ2v) is 8.20. The van der Waals surface area contributed by atoms with E-state index >= 15 is 0 Å². The Labute approximate surface area is 205 Å². The summed E-state index contributed by atoms with van der Waals surface area (Å²) in [7, 11) is 0. The fourth-order valence-corrected chi connectivity index (χ4v) is 3.10. The molecule has 8 nitrogen and oxygen atoms in total. The van der Waals surface area contributed by atoms with Gasteiger partial charge in [0.1, 0.15) is 11.6 Å². The van der Waals surface area contributed by atoms with E-state index in [0.717, 1.165) is 11.6 Å². The molecule has 3 N–H and O–H groups in total. The molecule has 0 spiro atoms. The van der Waals surface area contributed by atoms with Crippen molar-refractivity contribution in [1.29, 1.82) is 0 Å². The third kappa shape index (κ3) is 8.02. The van der Waals surface area contributed by atoms with Crippen molar-refractivity contribution in [2.75, 3.05) is 19.7 Å². The zero-order valence-electron chi connectivity index (χ0n) is 17.9. The highest BCUT2D eigenvalue weighted by Crippen LogP contribution is 2.20. The lowest BCUT2D eigenvalue weighted by molar-refractivity contribution is -0.123. The zero-order valence-corrected chi connectivity index (χ0v) is 19.4. The highest BCUT2D eigenvalue weighted by molar-refractivity contribution is 6.30. The summed E-state index contributed by atoms with van der Waals surface area (Å²) >= 11 is 11.4. The van der Waals surface area contributed by atoms with Gasteiger partial charge in [-0.1, -0.05) is 40.5 Å². The fourth-order valence-electron chi connectivity index (χ4n) is 2.85. The Morgan fingerprint density at radius 3 is 2.62 bits per heavy atom. The molecule has 0 aliphatic rings. The maximum atomic E-state index is 13.4. The number of amides is 2. The van der Waals surface area contributed by atoms with E-state index in [1.807, 2.05) is 12.1 Å². The van der Waals surface area contributed by atoms with Gasteiger partial charge in [0, 0.05) is 36.7 Å². The predicted molar refractivity (Wildman–Crippen MR) is 124 cm³/mol. The molecular weight excluding hydrogens is 488 g/mol. The highest BCUT2D eigenvalue weighted by atomic mass is 35.5. The summed E-state index contributed by atoms with van der Waals surface area (Å²) in [6.07, 6.45) is -0.211. The third-order valence-electron chi connectivity index (χ3n) is 4.64. The van der Waals surface area contributed by atoms with E-state index in [1.54, 1.807) is 18.2 Å². The summed E-state index contributed by atoms with van der Waals surface area (Å²) in [5, 5.41) is 19.6. The van der Waals surface area contributed by atoms with E-state index in [1.165, 1.54) is 12.1 Å². The first-order chi connectivity index (χ1) is 16.3. The second-order valence-electron chi connectivity index (χ2n) is 7.35. The topological polar surface area (TPSA) is 114 Å². The number of hydrogen-bond acceptors (Lipinski definition) is 6. The van der Waals surface area contributed by atoms with Crippen molar-refractivity contribution < 1.29 is 28.3 Å². The standard InChI is InChI=1S/C23H22Cl2FN3O5/c24-15-3-1-14(2-4-15)9-16-10-21(34-29-16)23(32)27-8-7-17(30)12-28-22(31)13-33-18-5-6-19(25)20(26)11-18/h1-6,10-11,17,30H,7-9,12-13H2,(H,27,32)(H,28,31). The van der Waals surface area contributed by atoms with Crippen LogP contribution < -0.4 is 15.4 Å². The average Bonchev–Trinajstić information content (AvgIpc) is 3.28. The molecule has 1 unspecified atom stereocenters. The summed E-state index contributed by atoms with van der Waals surface area (Å²) < 4.78 is 23.6. The number of carbonyl (C=O) groups is 2. The molecule has 34 heavy (non-hydrogen) atoms. The lowest BCUT2D eigenvalue weighted by atomic mass is 10.1. The molecule has 0 saturated carbocycles. The van der Waals surface area contributed by atoms with Gasteiger partial charge in [0.15, 0.2) is 6.61 Å². The summed E-state index contributed by atoms with van der Waals surface area (Å²) in [6, 6.07) is 12.6. The van der Waals surface area contributed by atoms with Crippen molar-refractivity contribution in [3.05, 3.63) is 81.4 Å². The van der Waals surface area contributed by atoms with E-state index in [9.17, 15) is 19.1 Å². The van der Waals surface area contributed by atoms with Gasteiger partial charge in [-0.2, -0.15) is 0 Å².